The van der Waals surface area contributed by atoms with Gasteiger partial charge in [0, 0.05) is 23.3 Å². The minimum Gasteiger partial charge on any atom is -0.346 e. The molecule has 1 amide bonds. The molecule has 1 aromatic carbocycles. The van der Waals surface area contributed by atoms with Crippen molar-refractivity contribution in [2.24, 2.45) is 0 Å². The van der Waals surface area contributed by atoms with Crippen LogP contribution >= 0.6 is 0 Å². The third-order valence-corrected chi connectivity index (χ3v) is 3.99. The lowest BCUT2D eigenvalue weighted by Gasteiger charge is -2.05. The van der Waals surface area contributed by atoms with Gasteiger partial charge in [0.25, 0.3) is 5.56 Å². The van der Waals surface area contributed by atoms with Crippen LogP contribution in [0, 0.1) is 0 Å². The Morgan fingerprint density at radius 2 is 1.92 bits per heavy atom. The van der Waals surface area contributed by atoms with Gasteiger partial charge in [0.15, 0.2) is 0 Å². The van der Waals surface area contributed by atoms with Gasteiger partial charge in [0.05, 0.1) is 12.1 Å². The van der Waals surface area contributed by atoms with E-state index in [-0.39, 0.29) is 23.6 Å². The van der Waals surface area contributed by atoms with Gasteiger partial charge in [-0.2, -0.15) is 0 Å². The molecule has 3 aromatic heterocycles. The van der Waals surface area contributed by atoms with Crippen molar-refractivity contribution in [3.05, 3.63) is 70.8 Å². The van der Waals surface area contributed by atoms with Gasteiger partial charge in [-0.05, 0) is 17.7 Å². The molecule has 0 radical (unpaired) electrons. The highest BCUT2D eigenvalue weighted by Crippen LogP contribution is 2.22. The van der Waals surface area contributed by atoms with Crippen molar-refractivity contribution in [2.75, 3.05) is 5.32 Å². The molecule has 7 nitrogen and oxygen atoms in total. The van der Waals surface area contributed by atoms with E-state index >= 15 is 0 Å². The van der Waals surface area contributed by atoms with Crippen LogP contribution in [0.4, 0.5) is 5.69 Å². The van der Waals surface area contributed by atoms with E-state index in [0.29, 0.717) is 5.69 Å². The maximum Gasteiger partial charge on any atom is 0.288 e. The van der Waals surface area contributed by atoms with Crippen LogP contribution in [-0.4, -0.2) is 26.1 Å². The number of hydrogen-bond acceptors (Lipinski definition) is 3. The first-order chi connectivity index (χ1) is 12.2. The fourth-order valence-corrected chi connectivity index (χ4v) is 2.81. The molecule has 0 aliphatic rings. The molecule has 0 fully saturated rings. The highest BCUT2D eigenvalue weighted by Gasteiger charge is 2.16. The minimum absolute atomic E-state index is 0.143. The SMILES string of the molecule is O=C(Cc1c[nH]c2ncccc12)Nc1c(-c2ccccc2)[nH][nH]c1=O. The molecule has 4 aromatic rings. The number of H-pyrrole nitrogens is 3. The molecule has 124 valence electrons. The van der Waals surface area contributed by atoms with Gasteiger partial charge in [-0.25, -0.2) is 4.98 Å². The van der Waals surface area contributed by atoms with Gasteiger partial charge in [0.2, 0.25) is 5.91 Å². The fourth-order valence-electron chi connectivity index (χ4n) is 2.81. The lowest BCUT2D eigenvalue weighted by Crippen LogP contribution is -2.19. The third kappa shape index (κ3) is 2.83. The van der Waals surface area contributed by atoms with Gasteiger partial charge < -0.3 is 10.3 Å². The molecular formula is C18H15N5O2. The Hall–Kier alpha value is -3.61. The molecule has 0 spiro atoms. The highest BCUT2D eigenvalue weighted by molar-refractivity contribution is 5.97. The average molecular weight is 333 g/mol. The third-order valence-electron chi connectivity index (χ3n) is 3.99. The minimum atomic E-state index is -0.368. The van der Waals surface area contributed by atoms with Gasteiger partial charge in [-0.15, -0.1) is 0 Å². The van der Waals surface area contributed by atoms with Crippen LogP contribution in [0.5, 0.6) is 0 Å². The first-order valence-electron chi connectivity index (χ1n) is 7.79. The Bertz CT molecular complexity index is 1090. The summed E-state index contributed by atoms with van der Waals surface area (Å²) >= 11 is 0. The maximum absolute atomic E-state index is 12.4. The molecule has 7 heteroatoms. The van der Waals surface area contributed by atoms with Crippen molar-refractivity contribution in [3.63, 3.8) is 0 Å². The summed E-state index contributed by atoms with van der Waals surface area (Å²) in [6.07, 6.45) is 3.59. The summed E-state index contributed by atoms with van der Waals surface area (Å²) in [4.78, 5) is 31.7. The standard InChI is InChI=1S/C18H15N5O2/c24-14(9-12-10-20-17-13(12)7-4-8-19-17)21-16-15(22-23-18(16)25)11-5-2-1-3-6-11/h1-8,10H,9H2,(H,19,20)(H,21,24)(H2,22,23,25). The Balaban J connectivity index is 1.60. The van der Waals surface area contributed by atoms with E-state index in [1.807, 2.05) is 42.5 Å². The summed E-state index contributed by atoms with van der Waals surface area (Å²) in [6, 6.07) is 13.1. The Labute approximate surface area is 142 Å². The lowest BCUT2D eigenvalue weighted by atomic mass is 10.1. The van der Waals surface area contributed by atoms with Crippen LogP contribution in [0.1, 0.15) is 5.56 Å². The van der Waals surface area contributed by atoms with Gasteiger partial charge in [-0.3, -0.25) is 19.8 Å². The smallest absolute Gasteiger partial charge is 0.288 e. The van der Waals surface area contributed by atoms with Gasteiger partial charge >= 0.3 is 0 Å². The van der Waals surface area contributed by atoms with E-state index < -0.39 is 0 Å². The second-order valence-electron chi connectivity index (χ2n) is 5.63. The Kier molecular flexibility index (Phi) is 3.66. The number of carbonyl (C=O) groups excluding carboxylic acids is 1. The predicted molar refractivity (Wildman–Crippen MR) is 95.3 cm³/mol. The molecule has 0 saturated heterocycles. The molecule has 4 N–H and O–H groups in total. The van der Waals surface area contributed by atoms with Crippen molar-refractivity contribution in [3.8, 4) is 11.3 Å². The van der Waals surface area contributed by atoms with E-state index in [2.05, 4.69) is 25.5 Å². The van der Waals surface area contributed by atoms with Crippen LogP contribution < -0.4 is 10.9 Å². The zero-order chi connectivity index (χ0) is 17.2. The second kappa shape index (κ2) is 6.12. The Morgan fingerprint density at radius 1 is 1.08 bits per heavy atom. The number of carbonyl (C=O) groups is 1. The number of fused-ring (bicyclic) bond motifs is 1. The van der Waals surface area contributed by atoms with Crippen molar-refractivity contribution < 1.29 is 4.79 Å². The summed E-state index contributed by atoms with van der Waals surface area (Å²) in [5.41, 5.74) is 2.78. The molecule has 4 rings (SSSR count). The number of aromatic nitrogens is 4. The second-order valence-corrected chi connectivity index (χ2v) is 5.63. The number of hydrogen-bond donors (Lipinski definition) is 4. The number of nitrogens with zero attached hydrogens (tertiary/aromatic N) is 1. The van der Waals surface area contributed by atoms with Crippen LogP contribution in [0.15, 0.2) is 59.7 Å². The van der Waals surface area contributed by atoms with E-state index in [9.17, 15) is 9.59 Å². The molecule has 0 aliphatic carbocycles. The maximum atomic E-state index is 12.4. The number of benzene rings is 1. The molecule has 0 aliphatic heterocycles. The molecule has 0 bridgehead atoms. The Morgan fingerprint density at radius 3 is 2.76 bits per heavy atom. The topological polar surface area (TPSA) is 106 Å². The van der Waals surface area contributed by atoms with Crippen molar-refractivity contribution >= 4 is 22.6 Å². The summed E-state index contributed by atoms with van der Waals surface area (Å²) in [7, 11) is 0. The summed E-state index contributed by atoms with van der Waals surface area (Å²) in [5, 5.41) is 8.94. The largest absolute Gasteiger partial charge is 0.346 e. The number of nitrogens with one attached hydrogen (secondary N) is 4. The van der Waals surface area contributed by atoms with E-state index in [1.54, 1.807) is 12.4 Å². The molecular weight excluding hydrogens is 318 g/mol. The molecule has 25 heavy (non-hydrogen) atoms. The summed E-state index contributed by atoms with van der Waals surface area (Å²) in [6.45, 7) is 0. The first kappa shape index (κ1) is 14.9. The predicted octanol–water partition coefficient (Wildman–Crippen LogP) is 2.43. The van der Waals surface area contributed by atoms with E-state index in [1.165, 1.54) is 0 Å². The fraction of sp³-hybridized carbons (Fsp3) is 0.0556. The number of pyridine rings is 1. The van der Waals surface area contributed by atoms with Crippen molar-refractivity contribution in [1.82, 2.24) is 20.2 Å². The molecule has 0 unspecified atom stereocenters. The molecule has 3 heterocycles. The number of rotatable bonds is 4. The average Bonchev–Trinajstić information content (AvgIpc) is 3.20. The van der Waals surface area contributed by atoms with E-state index in [4.69, 9.17) is 0 Å². The first-order valence-corrected chi connectivity index (χ1v) is 7.79. The quantitative estimate of drug-likeness (QED) is 0.461. The van der Waals surface area contributed by atoms with Crippen LogP contribution in [-0.2, 0) is 11.2 Å². The molecule has 0 saturated carbocycles. The molecule has 0 atom stereocenters. The van der Waals surface area contributed by atoms with Crippen molar-refractivity contribution in [1.29, 1.82) is 0 Å². The van der Waals surface area contributed by atoms with Crippen LogP contribution in [0.3, 0.4) is 0 Å². The van der Waals surface area contributed by atoms with Crippen molar-refractivity contribution in [2.45, 2.75) is 6.42 Å². The van der Waals surface area contributed by atoms with Gasteiger partial charge in [-0.1, -0.05) is 30.3 Å². The zero-order valence-corrected chi connectivity index (χ0v) is 13.2. The summed E-state index contributed by atoms with van der Waals surface area (Å²) in [5.74, 6) is -0.271. The highest BCUT2D eigenvalue weighted by atomic mass is 16.2. The lowest BCUT2D eigenvalue weighted by molar-refractivity contribution is -0.115. The number of amides is 1. The number of aromatic amines is 3. The van der Waals surface area contributed by atoms with Gasteiger partial charge in [0.1, 0.15) is 11.3 Å². The number of anilines is 1. The summed E-state index contributed by atoms with van der Waals surface area (Å²) < 4.78 is 0. The van der Waals surface area contributed by atoms with Crippen LogP contribution in [0.2, 0.25) is 0 Å². The zero-order valence-electron chi connectivity index (χ0n) is 13.2. The van der Waals surface area contributed by atoms with Crippen LogP contribution in [0.25, 0.3) is 22.3 Å². The van der Waals surface area contributed by atoms with E-state index in [0.717, 1.165) is 22.2 Å². The normalized spacial score (nSPS) is 10.9. The monoisotopic (exact) mass is 333 g/mol.